The van der Waals surface area contributed by atoms with Crippen molar-refractivity contribution in [3.8, 4) is 11.5 Å². The topological polar surface area (TPSA) is 89.5 Å². The Morgan fingerprint density at radius 2 is 1.32 bits per heavy atom. The molecule has 0 spiro atoms. The average Bonchev–Trinajstić information content (AvgIpc) is 2.74. The van der Waals surface area contributed by atoms with Gasteiger partial charge in [-0.05, 0) is 36.4 Å². The van der Waals surface area contributed by atoms with Gasteiger partial charge in [-0.15, -0.1) is 0 Å². The van der Waals surface area contributed by atoms with Crippen LogP contribution >= 0.6 is 0 Å². The molecule has 1 heterocycles. The predicted octanol–water partition coefficient (Wildman–Crippen LogP) is 3.60. The van der Waals surface area contributed by atoms with Crippen LogP contribution < -0.4 is 20.1 Å². The highest BCUT2D eigenvalue weighted by Gasteiger charge is 2.15. The van der Waals surface area contributed by atoms with E-state index in [4.69, 9.17) is 9.47 Å². The van der Waals surface area contributed by atoms with Gasteiger partial charge in [0.05, 0.1) is 25.6 Å². The Hall–Kier alpha value is -3.87. The lowest BCUT2D eigenvalue weighted by atomic mass is 10.2. The van der Waals surface area contributed by atoms with Crippen molar-refractivity contribution in [2.24, 2.45) is 0 Å². The summed E-state index contributed by atoms with van der Waals surface area (Å²) in [6.45, 7) is 0. The minimum absolute atomic E-state index is 0.110. The van der Waals surface area contributed by atoms with Gasteiger partial charge in [-0.2, -0.15) is 0 Å². The van der Waals surface area contributed by atoms with Crippen LogP contribution in [0, 0.1) is 0 Å². The van der Waals surface area contributed by atoms with Crippen molar-refractivity contribution in [1.82, 2.24) is 4.98 Å². The normalized spacial score (nSPS) is 10.1. The van der Waals surface area contributed by atoms with Crippen LogP contribution in [0.15, 0.2) is 66.9 Å². The Kier molecular flexibility index (Phi) is 5.86. The number of benzene rings is 2. The molecule has 7 heteroatoms. The van der Waals surface area contributed by atoms with Gasteiger partial charge in [-0.1, -0.05) is 24.3 Å². The molecule has 142 valence electrons. The quantitative estimate of drug-likeness (QED) is 0.685. The number of nitrogens with zero attached hydrogens (tertiary/aromatic N) is 1. The summed E-state index contributed by atoms with van der Waals surface area (Å²) in [4.78, 5) is 29.2. The second-order valence-corrected chi connectivity index (χ2v) is 5.74. The summed E-state index contributed by atoms with van der Waals surface area (Å²) in [7, 11) is 3.05. The third-order valence-corrected chi connectivity index (χ3v) is 3.97. The number of hydrogen-bond acceptors (Lipinski definition) is 5. The molecule has 3 aromatic rings. The first kappa shape index (κ1) is 18.9. The first-order valence-electron chi connectivity index (χ1n) is 8.47. The number of carbonyl (C=O) groups is 2. The molecule has 7 nitrogen and oxygen atoms in total. The molecule has 2 amide bonds. The van der Waals surface area contributed by atoms with Crippen LogP contribution in [-0.4, -0.2) is 31.0 Å². The molecule has 0 saturated heterocycles. The first-order valence-corrected chi connectivity index (χ1v) is 8.47. The first-order chi connectivity index (χ1) is 13.6. The smallest absolute Gasteiger partial charge is 0.274 e. The van der Waals surface area contributed by atoms with Gasteiger partial charge in [0, 0.05) is 11.8 Å². The zero-order valence-electron chi connectivity index (χ0n) is 15.4. The van der Waals surface area contributed by atoms with E-state index in [0.717, 1.165) is 0 Å². The maximum atomic E-state index is 12.6. The Balaban J connectivity index is 1.78. The molecule has 0 radical (unpaired) electrons. The maximum Gasteiger partial charge on any atom is 0.274 e. The van der Waals surface area contributed by atoms with Crippen LogP contribution in [0.2, 0.25) is 0 Å². The molecule has 28 heavy (non-hydrogen) atoms. The second kappa shape index (κ2) is 8.68. The molecule has 2 N–H and O–H groups in total. The van der Waals surface area contributed by atoms with E-state index < -0.39 is 5.91 Å². The summed E-state index contributed by atoms with van der Waals surface area (Å²) in [5.74, 6) is 0.245. The van der Waals surface area contributed by atoms with Gasteiger partial charge in [-0.25, -0.2) is 0 Å². The molecule has 1 aromatic heterocycles. The standard InChI is InChI=1S/C21H19N3O4/c1-27-18-9-5-3-7-15(18)23-20(25)14-11-12-22-17(13-14)21(26)24-16-8-4-6-10-19(16)28-2/h3-13H,1-2H3,(H,23,25)(H,24,26). The maximum absolute atomic E-state index is 12.6. The summed E-state index contributed by atoms with van der Waals surface area (Å²) < 4.78 is 10.5. The number of amides is 2. The minimum Gasteiger partial charge on any atom is -0.495 e. The van der Waals surface area contributed by atoms with Gasteiger partial charge in [0.1, 0.15) is 17.2 Å². The average molecular weight is 377 g/mol. The predicted molar refractivity (Wildman–Crippen MR) is 106 cm³/mol. The monoisotopic (exact) mass is 377 g/mol. The van der Waals surface area contributed by atoms with Crippen molar-refractivity contribution < 1.29 is 19.1 Å². The van der Waals surface area contributed by atoms with Crippen LogP contribution in [0.4, 0.5) is 11.4 Å². The largest absolute Gasteiger partial charge is 0.495 e. The van der Waals surface area contributed by atoms with E-state index in [1.165, 1.54) is 32.5 Å². The van der Waals surface area contributed by atoms with Gasteiger partial charge in [0.25, 0.3) is 11.8 Å². The Bertz CT molecular complexity index is 927. The fourth-order valence-electron chi connectivity index (χ4n) is 2.57. The summed E-state index contributed by atoms with van der Waals surface area (Å²) in [6, 6.07) is 17.1. The number of anilines is 2. The lowest BCUT2D eigenvalue weighted by Gasteiger charge is -2.11. The molecule has 0 saturated carbocycles. The Labute approximate surface area is 162 Å². The zero-order chi connectivity index (χ0) is 19.9. The molecule has 0 aliphatic heterocycles. The van der Waals surface area contributed by atoms with Crippen molar-refractivity contribution in [2.45, 2.75) is 0 Å². The van der Waals surface area contributed by atoms with E-state index in [2.05, 4.69) is 15.6 Å². The minimum atomic E-state index is -0.448. The molecule has 3 rings (SSSR count). The molecule has 0 aliphatic rings. The lowest BCUT2D eigenvalue weighted by Crippen LogP contribution is -2.17. The second-order valence-electron chi connectivity index (χ2n) is 5.74. The van der Waals surface area contributed by atoms with Crippen LogP contribution in [0.5, 0.6) is 11.5 Å². The van der Waals surface area contributed by atoms with E-state index in [1.54, 1.807) is 48.5 Å². The van der Waals surface area contributed by atoms with Gasteiger partial charge >= 0.3 is 0 Å². The van der Waals surface area contributed by atoms with E-state index in [1.807, 2.05) is 0 Å². The molecular formula is C21H19N3O4. The molecular weight excluding hydrogens is 358 g/mol. The van der Waals surface area contributed by atoms with Crippen LogP contribution in [0.25, 0.3) is 0 Å². The van der Waals surface area contributed by atoms with Gasteiger partial charge in [-0.3, -0.25) is 14.6 Å². The van der Waals surface area contributed by atoms with E-state index >= 15 is 0 Å². The van der Waals surface area contributed by atoms with Crippen molar-refractivity contribution >= 4 is 23.2 Å². The molecule has 0 bridgehead atoms. The highest BCUT2D eigenvalue weighted by atomic mass is 16.5. The number of hydrogen-bond donors (Lipinski definition) is 2. The third-order valence-electron chi connectivity index (χ3n) is 3.97. The SMILES string of the molecule is COc1ccccc1NC(=O)c1ccnc(C(=O)Nc2ccccc2OC)c1. The summed E-state index contributed by atoms with van der Waals surface area (Å²) >= 11 is 0. The van der Waals surface area contributed by atoms with Crippen LogP contribution in [-0.2, 0) is 0 Å². The van der Waals surface area contributed by atoms with Gasteiger partial charge in [0.15, 0.2) is 0 Å². The van der Waals surface area contributed by atoms with E-state index in [9.17, 15) is 9.59 Å². The number of carbonyl (C=O) groups excluding carboxylic acids is 2. The highest BCUT2D eigenvalue weighted by Crippen LogP contribution is 2.25. The fourth-order valence-corrected chi connectivity index (χ4v) is 2.57. The number of rotatable bonds is 6. The number of para-hydroxylation sites is 4. The summed E-state index contributed by atoms with van der Waals surface area (Å²) in [5.41, 5.74) is 1.46. The van der Waals surface area contributed by atoms with Crippen molar-refractivity contribution in [3.05, 3.63) is 78.1 Å². The van der Waals surface area contributed by atoms with Gasteiger partial charge in [0.2, 0.25) is 0 Å². The van der Waals surface area contributed by atoms with Crippen molar-refractivity contribution in [2.75, 3.05) is 24.9 Å². The molecule has 0 atom stereocenters. The van der Waals surface area contributed by atoms with Gasteiger partial charge < -0.3 is 20.1 Å². The number of aromatic nitrogens is 1. The highest BCUT2D eigenvalue weighted by molar-refractivity contribution is 6.08. The molecule has 0 fully saturated rings. The van der Waals surface area contributed by atoms with E-state index in [-0.39, 0.29) is 11.6 Å². The molecule has 0 aliphatic carbocycles. The number of methoxy groups -OCH3 is 2. The number of nitrogens with one attached hydrogen (secondary N) is 2. The summed E-state index contributed by atoms with van der Waals surface area (Å²) in [5, 5.41) is 5.50. The number of pyridine rings is 1. The zero-order valence-corrected chi connectivity index (χ0v) is 15.4. The molecule has 0 unspecified atom stereocenters. The lowest BCUT2D eigenvalue weighted by molar-refractivity contribution is 0.102. The van der Waals surface area contributed by atoms with Crippen molar-refractivity contribution in [3.63, 3.8) is 0 Å². The fraction of sp³-hybridized carbons (Fsp3) is 0.0952. The Morgan fingerprint density at radius 3 is 1.89 bits per heavy atom. The number of ether oxygens (including phenoxy) is 2. The third kappa shape index (κ3) is 4.27. The van der Waals surface area contributed by atoms with Crippen LogP contribution in [0.1, 0.15) is 20.8 Å². The van der Waals surface area contributed by atoms with E-state index in [0.29, 0.717) is 28.4 Å². The Morgan fingerprint density at radius 1 is 0.786 bits per heavy atom. The van der Waals surface area contributed by atoms with Crippen molar-refractivity contribution in [1.29, 1.82) is 0 Å². The summed E-state index contributed by atoms with van der Waals surface area (Å²) in [6.07, 6.45) is 1.41. The van der Waals surface area contributed by atoms with Crippen LogP contribution in [0.3, 0.4) is 0 Å². The molecule has 2 aromatic carbocycles.